The topological polar surface area (TPSA) is 75.4 Å². The van der Waals surface area contributed by atoms with Crippen molar-refractivity contribution in [3.05, 3.63) is 70.2 Å². The number of carbonyl (C=O) groups excluding carboxylic acids is 2. The second-order valence-electron chi connectivity index (χ2n) is 6.20. The number of halogens is 1. The smallest absolute Gasteiger partial charge is 0.235 e. The Hall–Kier alpha value is -2.37. The van der Waals surface area contributed by atoms with Crippen LogP contribution in [0.4, 0.5) is 0 Å². The zero-order valence-corrected chi connectivity index (χ0v) is 14.5. The normalized spacial score (nSPS) is 16.9. The summed E-state index contributed by atoms with van der Waals surface area (Å²) >= 11 is 5.85. The van der Waals surface area contributed by atoms with Gasteiger partial charge in [0.2, 0.25) is 11.8 Å². The van der Waals surface area contributed by atoms with Gasteiger partial charge in [-0.25, -0.2) is 0 Å². The summed E-state index contributed by atoms with van der Waals surface area (Å²) in [5.41, 5.74) is 8.76. The van der Waals surface area contributed by atoms with Crippen LogP contribution in [-0.2, 0) is 29.1 Å². The number of benzene rings is 2. The molecular weight excluding hydrogens is 338 g/mol. The van der Waals surface area contributed by atoms with Crippen LogP contribution in [0.2, 0.25) is 5.02 Å². The summed E-state index contributed by atoms with van der Waals surface area (Å²) in [4.78, 5) is 25.9. The lowest BCUT2D eigenvalue weighted by molar-refractivity contribution is -0.127. The fraction of sp³-hybridized carbons (Fsp3) is 0.263. The van der Waals surface area contributed by atoms with Crippen LogP contribution in [0.5, 0.6) is 0 Å². The third-order valence-electron chi connectivity index (χ3n) is 4.42. The number of nitrogens with zero attached hydrogens (tertiary/aromatic N) is 1. The lowest BCUT2D eigenvalue weighted by Gasteiger charge is -2.34. The summed E-state index contributed by atoms with van der Waals surface area (Å²) in [6.45, 7) is 1.09. The quantitative estimate of drug-likeness (QED) is 0.857. The predicted molar refractivity (Wildman–Crippen MR) is 96.8 cm³/mol. The fourth-order valence-electron chi connectivity index (χ4n) is 3.07. The fourth-order valence-corrected chi connectivity index (χ4v) is 3.19. The molecule has 2 aromatic carbocycles. The summed E-state index contributed by atoms with van der Waals surface area (Å²) in [5, 5.41) is 3.53. The summed E-state index contributed by atoms with van der Waals surface area (Å²) in [6.07, 6.45) is 0.538. The van der Waals surface area contributed by atoms with Crippen molar-refractivity contribution in [1.82, 2.24) is 10.2 Å². The van der Waals surface area contributed by atoms with E-state index in [9.17, 15) is 9.59 Å². The lowest BCUT2D eigenvalue weighted by Crippen LogP contribution is -2.51. The number of nitrogens with one attached hydrogen (secondary N) is 1. The van der Waals surface area contributed by atoms with Crippen LogP contribution < -0.4 is 11.1 Å². The van der Waals surface area contributed by atoms with Gasteiger partial charge in [-0.05, 0) is 35.2 Å². The monoisotopic (exact) mass is 357 g/mol. The van der Waals surface area contributed by atoms with Crippen LogP contribution in [-0.4, -0.2) is 29.3 Å². The molecule has 2 amide bonds. The van der Waals surface area contributed by atoms with Crippen molar-refractivity contribution >= 4 is 23.4 Å². The zero-order chi connectivity index (χ0) is 17.8. The molecule has 2 aromatic rings. The minimum absolute atomic E-state index is 0.134. The number of fused-ring (bicyclic) bond motifs is 1. The van der Waals surface area contributed by atoms with Gasteiger partial charge in [0.15, 0.2) is 0 Å². The van der Waals surface area contributed by atoms with Crippen LogP contribution in [0.3, 0.4) is 0 Å². The first-order valence-electron chi connectivity index (χ1n) is 8.14. The van der Waals surface area contributed by atoms with E-state index in [4.69, 9.17) is 17.3 Å². The van der Waals surface area contributed by atoms with Crippen LogP contribution in [0.15, 0.2) is 48.5 Å². The number of primary amides is 1. The van der Waals surface area contributed by atoms with Gasteiger partial charge in [0.25, 0.3) is 0 Å². The second-order valence-corrected chi connectivity index (χ2v) is 6.64. The van der Waals surface area contributed by atoms with Crippen molar-refractivity contribution in [2.75, 3.05) is 6.54 Å². The maximum atomic E-state index is 12.3. The molecule has 1 atom stereocenters. The molecule has 0 saturated carbocycles. The van der Waals surface area contributed by atoms with E-state index in [1.165, 1.54) is 0 Å². The highest BCUT2D eigenvalue weighted by atomic mass is 35.5. The summed E-state index contributed by atoms with van der Waals surface area (Å²) < 4.78 is 0. The summed E-state index contributed by atoms with van der Waals surface area (Å²) in [5.74, 6) is -0.541. The Kier molecular flexibility index (Phi) is 5.36. The Morgan fingerprint density at radius 2 is 1.80 bits per heavy atom. The van der Waals surface area contributed by atoms with Crippen LogP contribution in [0.25, 0.3) is 0 Å². The molecule has 1 heterocycles. The molecule has 130 valence electrons. The lowest BCUT2D eigenvalue weighted by atomic mass is 9.93. The zero-order valence-electron chi connectivity index (χ0n) is 13.7. The summed E-state index contributed by atoms with van der Waals surface area (Å²) in [7, 11) is 0. The third kappa shape index (κ3) is 4.38. The van der Waals surface area contributed by atoms with Gasteiger partial charge in [-0.1, -0.05) is 48.0 Å². The van der Waals surface area contributed by atoms with Crippen molar-refractivity contribution in [1.29, 1.82) is 0 Å². The number of carbonyl (C=O) groups is 2. The minimum Gasteiger partial charge on any atom is -0.368 e. The van der Waals surface area contributed by atoms with Crippen LogP contribution in [0.1, 0.15) is 16.7 Å². The Morgan fingerprint density at radius 1 is 1.12 bits per heavy atom. The molecule has 1 unspecified atom stereocenters. The van der Waals surface area contributed by atoms with Crippen molar-refractivity contribution in [2.45, 2.75) is 25.6 Å². The first kappa shape index (κ1) is 17.5. The molecule has 0 aromatic heterocycles. The molecule has 1 aliphatic rings. The number of nitrogens with two attached hydrogens (primary N) is 1. The molecule has 3 N–H and O–H groups in total. The van der Waals surface area contributed by atoms with Crippen molar-refractivity contribution in [3.8, 4) is 0 Å². The molecule has 0 fully saturated rings. The number of amides is 2. The van der Waals surface area contributed by atoms with Crippen LogP contribution >= 0.6 is 11.6 Å². The van der Waals surface area contributed by atoms with Crippen LogP contribution in [0, 0.1) is 0 Å². The molecule has 0 saturated heterocycles. The molecular formula is C19H20ClN3O2. The predicted octanol–water partition coefficient (Wildman–Crippen LogP) is 1.87. The van der Waals surface area contributed by atoms with Gasteiger partial charge in [0.1, 0.15) is 0 Å². The highest BCUT2D eigenvalue weighted by molar-refractivity contribution is 6.30. The van der Waals surface area contributed by atoms with Gasteiger partial charge in [-0.2, -0.15) is 0 Å². The molecule has 6 heteroatoms. The Labute approximate surface area is 151 Å². The third-order valence-corrected chi connectivity index (χ3v) is 4.68. The average molecular weight is 358 g/mol. The van der Waals surface area contributed by atoms with E-state index < -0.39 is 11.9 Å². The Bertz CT molecular complexity index is 776. The van der Waals surface area contributed by atoms with Gasteiger partial charge in [-0.15, -0.1) is 0 Å². The van der Waals surface area contributed by atoms with Gasteiger partial charge in [-0.3, -0.25) is 14.5 Å². The molecule has 1 aliphatic heterocycles. The molecule has 25 heavy (non-hydrogen) atoms. The highest BCUT2D eigenvalue weighted by Crippen LogP contribution is 2.22. The minimum atomic E-state index is -0.462. The Morgan fingerprint density at radius 3 is 2.48 bits per heavy atom. The number of hydrogen-bond acceptors (Lipinski definition) is 3. The van der Waals surface area contributed by atoms with Crippen molar-refractivity contribution < 1.29 is 9.59 Å². The molecule has 0 radical (unpaired) electrons. The number of rotatable bonds is 5. The SMILES string of the molecule is NC(=O)C1Cc2ccccc2CN1CC(=O)NCc1ccc(Cl)cc1. The van der Waals surface area contributed by atoms with E-state index in [0.717, 1.165) is 16.7 Å². The molecule has 3 rings (SSSR count). The maximum absolute atomic E-state index is 12.3. The van der Waals surface area contributed by atoms with Crippen molar-refractivity contribution in [3.63, 3.8) is 0 Å². The van der Waals surface area contributed by atoms with E-state index in [1.807, 2.05) is 41.3 Å². The standard InChI is InChI=1S/C19H20ClN3O2/c20-16-7-5-13(6-8-16)10-22-18(24)12-23-11-15-4-2-1-3-14(15)9-17(23)19(21)25/h1-8,17H,9-12H2,(H2,21,25)(H,22,24). The van der Waals surface area contributed by atoms with Gasteiger partial charge in [0, 0.05) is 18.1 Å². The second kappa shape index (κ2) is 7.68. The van der Waals surface area contributed by atoms with E-state index in [-0.39, 0.29) is 12.5 Å². The van der Waals surface area contributed by atoms with Gasteiger partial charge in [0.05, 0.1) is 12.6 Å². The highest BCUT2D eigenvalue weighted by Gasteiger charge is 2.31. The van der Waals surface area contributed by atoms with Gasteiger partial charge < -0.3 is 11.1 Å². The molecule has 0 spiro atoms. The van der Waals surface area contributed by atoms with E-state index >= 15 is 0 Å². The molecule has 5 nitrogen and oxygen atoms in total. The first-order chi connectivity index (χ1) is 12.0. The van der Waals surface area contributed by atoms with E-state index in [0.29, 0.717) is 24.5 Å². The van der Waals surface area contributed by atoms with E-state index in [1.54, 1.807) is 12.1 Å². The van der Waals surface area contributed by atoms with Gasteiger partial charge >= 0.3 is 0 Å². The molecule has 0 bridgehead atoms. The average Bonchev–Trinajstić information content (AvgIpc) is 2.60. The maximum Gasteiger partial charge on any atom is 0.235 e. The number of hydrogen-bond donors (Lipinski definition) is 2. The largest absolute Gasteiger partial charge is 0.368 e. The summed E-state index contributed by atoms with van der Waals surface area (Å²) in [6, 6.07) is 14.8. The Balaban J connectivity index is 1.62. The first-order valence-corrected chi connectivity index (χ1v) is 8.52. The van der Waals surface area contributed by atoms with E-state index in [2.05, 4.69) is 5.32 Å². The molecule has 0 aliphatic carbocycles. The van der Waals surface area contributed by atoms with Crippen molar-refractivity contribution in [2.24, 2.45) is 5.73 Å².